The summed E-state index contributed by atoms with van der Waals surface area (Å²) in [7, 11) is 0. The van der Waals surface area contributed by atoms with Crippen LogP contribution < -0.4 is 0 Å². The third kappa shape index (κ3) is 5.24. The third-order valence-electron chi connectivity index (χ3n) is 4.53. The van der Waals surface area contributed by atoms with Crippen LogP contribution in [0.1, 0.15) is 22.5 Å². The van der Waals surface area contributed by atoms with Crippen molar-refractivity contribution >= 4 is 28.8 Å². The van der Waals surface area contributed by atoms with E-state index in [4.69, 9.17) is 23.8 Å². The lowest BCUT2D eigenvalue weighted by atomic mass is 10.1. The molecule has 25 heavy (non-hydrogen) atoms. The number of hydrogen-bond donors (Lipinski definition) is 0. The van der Waals surface area contributed by atoms with Gasteiger partial charge in [0, 0.05) is 55.6 Å². The highest BCUT2D eigenvalue weighted by Crippen LogP contribution is 2.14. The normalized spacial score (nSPS) is 15.4. The summed E-state index contributed by atoms with van der Waals surface area (Å²) in [6, 6.07) is 12.4. The summed E-state index contributed by atoms with van der Waals surface area (Å²) in [5.74, 6) is 0. The first-order valence-corrected chi connectivity index (χ1v) is 9.47. The van der Waals surface area contributed by atoms with Crippen LogP contribution in [-0.2, 0) is 13.0 Å². The molecule has 0 atom stereocenters. The van der Waals surface area contributed by atoms with Crippen molar-refractivity contribution in [3.8, 4) is 0 Å². The maximum Gasteiger partial charge on any atom is 0.0840 e. The topological polar surface area (TPSA) is 19.4 Å². The Morgan fingerprint density at radius 2 is 1.76 bits per heavy atom. The lowest BCUT2D eigenvalue weighted by Gasteiger charge is -2.36. The minimum absolute atomic E-state index is 0.759. The smallest absolute Gasteiger partial charge is 0.0840 e. The summed E-state index contributed by atoms with van der Waals surface area (Å²) in [6.07, 6.45) is 0.759. The number of hydrogen-bond acceptors (Lipinski definition) is 3. The van der Waals surface area contributed by atoms with Gasteiger partial charge in [0.05, 0.1) is 4.99 Å². The number of piperazine rings is 1. The van der Waals surface area contributed by atoms with E-state index in [0.29, 0.717) is 0 Å². The maximum absolute atomic E-state index is 5.95. The largest absolute Gasteiger partial charge is 0.363 e. The minimum atomic E-state index is 0.759. The van der Waals surface area contributed by atoms with Crippen LogP contribution >= 0.6 is 23.8 Å². The molecule has 0 saturated carbocycles. The number of nitrogens with zero attached hydrogens (tertiary/aromatic N) is 3. The molecule has 3 nitrogen and oxygen atoms in total. The summed E-state index contributed by atoms with van der Waals surface area (Å²) in [5.41, 5.74) is 4.69. The van der Waals surface area contributed by atoms with Crippen LogP contribution in [0.3, 0.4) is 0 Å². The maximum atomic E-state index is 5.95. The van der Waals surface area contributed by atoms with Crippen LogP contribution in [0.4, 0.5) is 0 Å². The van der Waals surface area contributed by atoms with Gasteiger partial charge in [0.15, 0.2) is 0 Å². The molecule has 0 amide bonds. The van der Waals surface area contributed by atoms with E-state index < -0.39 is 0 Å². The fourth-order valence-corrected chi connectivity index (χ4v) is 3.74. The molecule has 2 heterocycles. The molecule has 0 N–H and O–H groups in total. The molecular weight excluding hydrogens is 350 g/mol. The molecule has 3 rings (SSSR count). The zero-order chi connectivity index (χ0) is 17.8. The molecule has 0 bridgehead atoms. The highest BCUT2D eigenvalue weighted by Gasteiger charge is 2.19. The number of aromatic nitrogens is 1. The Hall–Kier alpha value is -1.49. The Kier molecular flexibility index (Phi) is 6.05. The molecule has 1 aromatic heterocycles. The molecule has 1 saturated heterocycles. The molecule has 1 fully saturated rings. The Labute approximate surface area is 160 Å². The fourth-order valence-electron chi connectivity index (χ4n) is 3.29. The number of rotatable bonds is 4. The Bertz CT molecular complexity index is 717. The van der Waals surface area contributed by atoms with Crippen LogP contribution in [-0.4, -0.2) is 46.0 Å². The number of aryl methyl sites for hydroxylation is 2. The molecule has 1 aliphatic rings. The van der Waals surface area contributed by atoms with Gasteiger partial charge >= 0.3 is 0 Å². The number of benzene rings is 1. The van der Waals surface area contributed by atoms with Gasteiger partial charge in [0.2, 0.25) is 0 Å². The Balaban J connectivity index is 1.51. The first kappa shape index (κ1) is 18.3. The molecule has 0 unspecified atom stereocenters. The van der Waals surface area contributed by atoms with Gasteiger partial charge in [-0.25, -0.2) is 0 Å². The van der Waals surface area contributed by atoms with Crippen molar-refractivity contribution < 1.29 is 0 Å². The number of thiocarbonyl (C=S) groups is 1. The van der Waals surface area contributed by atoms with Gasteiger partial charge in [-0.15, -0.1) is 0 Å². The first-order chi connectivity index (χ1) is 12.0. The summed E-state index contributed by atoms with van der Waals surface area (Å²) in [4.78, 5) is 10.4. The summed E-state index contributed by atoms with van der Waals surface area (Å²) in [5, 5.41) is 0.791. The quantitative estimate of drug-likeness (QED) is 0.753. The molecule has 1 aromatic carbocycles. The lowest BCUT2D eigenvalue weighted by molar-refractivity contribution is 0.176. The molecule has 0 aliphatic carbocycles. The van der Waals surface area contributed by atoms with Gasteiger partial charge < -0.3 is 4.90 Å². The number of halogens is 1. The van der Waals surface area contributed by atoms with E-state index in [2.05, 4.69) is 46.0 Å². The monoisotopic (exact) mass is 373 g/mol. The van der Waals surface area contributed by atoms with E-state index in [9.17, 15) is 0 Å². The van der Waals surface area contributed by atoms with Gasteiger partial charge in [-0.2, -0.15) is 0 Å². The summed E-state index contributed by atoms with van der Waals surface area (Å²) < 4.78 is 0. The predicted molar refractivity (Wildman–Crippen MR) is 108 cm³/mol. The second-order valence-corrected chi connectivity index (χ2v) is 7.65. The van der Waals surface area contributed by atoms with Crippen molar-refractivity contribution in [3.05, 3.63) is 63.9 Å². The lowest BCUT2D eigenvalue weighted by Crippen LogP contribution is -2.48. The molecule has 1 aliphatic heterocycles. The fraction of sp³-hybridized carbons (Fsp3) is 0.400. The third-order valence-corrected chi connectivity index (χ3v) is 5.18. The van der Waals surface area contributed by atoms with Crippen molar-refractivity contribution in [2.75, 3.05) is 26.2 Å². The minimum Gasteiger partial charge on any atom is -0.363 e. The van der Waals surface area contributed by atoms with E-state index in [1.165, 1.54) is 11.1 Å². The van der Waals surface area contributed by atoms with E-state index in [0.717, 1.165) is 60.5 Å². The average molecular weight is 374 g/mol. The Morgan fingerprint density at radius 3 is 2.40 bits per heavy atom. The van der Waals surface area contributed by atoms with Crippen molar-refractivity contribution in [1.29, 1.82) is 0 Å². The van der Waals surface area contributed by atoms with Crippen molar-refractivity contribution in [1.82, 2.24) is 14.8 Å². The van der Waals surface area contributed by atoms with Gasteiger partial charge in [0.1, 0.15) is 0 Å². The van der Waals surface area contributed by atoms with E-state index >= 15 is 0 Å². The summed E-state index contributed by atoms with van der Waals surface area (Å²) >= 11 is 11.6. The zero-order valence-corrected chi connectivity index (χ0v) is 16.4. The highest BCUT2D eigenvalue weighted by molar-refractivity contribution is 7.80. The highest BCUT2D eigenvalue weighted by atomic mass is 35.5. The van der Waals surface area contributed by atoms with Gasteiger partial charge in [-0.3, -0.25) is 9.88 Å². The van der Waals surface area contributed by atoms with Crippen molar-refractivity contribution in [2.24, 2.45) is 0 Å². The zero-order valence-electron chi connectivity index (χ0n) is 14.8. The van der Waals surface area contributed by atoms with Gasteiger partial charge in [0.25, 0.3) is 0 Å². The molecular formula is C20H24ClN3S. The van der Waals surface area contributed by atoms with Crippen LogP contribution in [0.5, 0.6) is 0 Å². The van der Waals surface area contributed by atoms with E-state index in [-0.39, 0.29) is 0 Å². The molecule has 5 heteroatoms. The molecule has 2 aromatic rings. The van der Waals surface area contributed by atoms with E-state index in [1.54, 1.807) is 0 Å². The SMILES string of the molecule is Cc1cc(C)nc(CC(=S)N2CCN(Cc3ccc(Cl)cc3)CC2)c1. The van der Waals surface area contributed by atoms with Crippen LogP contribution in [0.25, 0.3) is 0 Å². The molecule has 0 radical (unpaired) electrons. The van der Waals surface area contributed by atoms with Crippen LogP contribution in [0, 0.1) is 13.8 Å². The predicted octanol–water partition coefficient (Wildman–Crippen LogP) is 4.04. The second-order valence-electron chi connectivity index (χ2n) is 6.74. The standard InChI is InChI=1S/C20H24ClN3S/c1-15-11-16(2)22-19(12-15)13-20(25)24-9-7-23(8-10-24)14-17-3-5-18(21)6-4-17/h3-6,11-12H,7-10,13-14H2,1-2H3. The summed E-state index contributed by atoms with van der Waals surface area (Å²) in [6.45, 7) is 9.14. The molecule has 0 spiro atoms. The van der Waals surface area contributed by atoms with Crippen molar-refractivity contribution in [3.63, 3.8) is 0 Å². The average Bonchev–Trinajstić information content (AvgIpc) is 2.56. The first-order valence-electron chi connectivity index (χ1n) is 8.68. The number of pyridine rings is 1. The Morgan fingerprint density at radius 1 is 1.08 bits per heavy atom. The van der Waals surface area contributed by atoms with Crippen LogP contribution in [0.2, 0.25) is 5.02 Å². The second kappa shape index (κ2) is 8.26. The molecule has 132 valence electrons. The van der Waals surface area contributed by atoms with Gasteiger partial charge in [-0.05, 0) is 49.2 Å². The van der Waals surface area contributed by atoms with Gasteiger partial charge in [-0.1, -0.05) is 36.0 Å². The van der Waals surface area contributed by atoms with Crippen molar-refractivity contribution in [2.45, 2.75) is 26.8 Å². The van der Waals surface area contributed by atoms with E-state index in [1.807, 2.05) is 19.1 Å². The van der Waals surface area contributed by atoms with Crippen LogP contribution in [0.15, 0.2) is 36.4 Å².